The van der Waals surface area contributed by atoms with Gasteiger partial charge in [-0.25, -0.2) is 8.42 Å². The summed E-state index contributed by atoms with van der Waals surface area (Å²) in [5.74, 6) is -0.429. The van der Waals surface area contributed by atoms with Gasteiger partial charge in [0.05, 0.1) is 17.7 Å². The van der Waals surface area contributed by atoms with Crippen molar-refractivity contribution in [1.29, 1.82) is 0 Å². The van der Waals surface area contributed by atoms with Gasteiger partial charge in [-0.2, -0.15) is 8.78 Å². The summed E-state index contributed by atoms with van der Waals surface area (Å²) in [4.78, 5) is 12.5. The Kier molecular flexibility index (Phi) is 7.49. The first-order valence-electron chi connectivity index (χ1n) is 9.76. The maximum atomic E-state index is 12.8. The number of para-hydroxylation sites is 1. The third-order valence-electron chi connectivity index (χ3n) is 4.79. The predicted octanol–water partition coefficient (Wildman–Crippen LogP) is 4.05. The monoisotopic (exact) mass is 476 g/mol. The molecule has 0 radical (unpaired) electrons. The SMILES string of the molecule is COc1cc(CNC(=O)c2ccc(S(=O)(=O)N(C)c3ccccc3)cc2)ccc1OC(F)F. The third kappa shape index (κ3) is 5.78. The van der Waals surface area contributed by atoms with Gasteiger partial charge < -0.3 is 14.8 Å². The normalized spacial score (nSPS) is 11.2. The van der Waals surface area contributed by atoms with Gasteiger partial charge in [0.15, 0.2) is 11.5 Å². The fourth-order valence-electron chi connectivity index (χ4n) is 3.01. The molecule has 0 aliphatic rings. The highest BCUT2D eigenvalue weighted by Gasteiger charge is 2.21. The zero-order valence-electron chi connectivity index (χ0n) is 17.9. The van der Waals surface area contributed by atoms with Crippen LogP contribution in [0.5, 0.6) is 11.5 Å². The number of rotatable bonds is 9. The first-order chi connectivity index (χ1) is 15.7. The average molecular weight is 477 g/mol. The van der Waals surface area contributed by atoms with E-state index in [0.717, 1.165) is 4.31 Å². The van der Waals surface area contributed by atoms with Crippen molar-refractivity contribution in [3.8, 4) is 11.5 Å². The van der Waals surface area contributed by atoms with E-state index in [1.54, 1.807) is 30.3 Å². The van der Waals surface area contributed by atoms with Gasteiger partial charge in [0.1, 0.15) is 0 Å². The Morgan fingerprint density at radius 3 is 2.27 bits per heavy atom. The zero-order valence-corrected chi connectivity index (χ0v) is 18.7. The molecular formula is C23H22F2N2O5S. The molecule has 0 bridgehead atoms. The molecule has 3 rings (SSSR count). The van der Waals surface area contributed by atoms with Crippen LogP contribution in [0.25, 0.3) is 0 Å². The van der Waals surface area contributed by atoms with Gasteiger partial charge in [-0.15, -0.1) is 0 Å². The van der Waals surface area contributed by atoms with Gasteiger partial charge in [-0.1, -0.05) is 24.3 Å². The number of methoxy groups -OCH3 is 1. The van der Waals surface area contributed by atoms with Crippen LogP contribution >= 0.6 is 0 Å². The number of amides is 1. The van der Waals surface area contributed by atoms with Gasteiger partial charge >= 0.3 is 6.61 Å². The molecule has 0 atom stereocenters. The van der Waals surface area contributed by atoms with E-state index in [9.17, 15) is 22.0 Å². The number of ether oxygens (including phenoxy) is 2. The molecule has 0 saturated heterocycles. The average Bonchev–Trinajstić information content (AvgIpc) is 2.83. The maximum absolute atomic E-state index is 12.8. The summed E-state index contributed by atoms with van der Waals surface area (Å²) >= 11 is 0. The lowest BCUT2D eigenvalue weighted by Gasteiger charge is -2.19. The number of sulfonamides is 1. The number of alkyl halides is 2. The maximum Gasteiger partial charge on any atom is 0.387 e. The molecule has 10 heteroatoms. The largest absolute Gasteiger partial charge is 0.493 e. The van der Waals surface area contributed by atoms with Crippen molar-refractivity contribution in [3.63, 3.8) is 0 Å². The smallest absolute Gasteiger partial charge is 0.387 e. The van der Waals surface area contributed by atoms with Gasteiger partial charge in [0.25, 0.3) is 15.9 Å². The van der Waals surface area contributed by atoms with Crippen LogP contribution in [-0.2, 0) is 16.6 Å². The molecule has 33 heavy (non-hydrogen) atoms. The van der Waals surface area contributed by atoms with Crippen molar-refractivity contribution in [2.75, 3.05) is 18.5 Å². The highest BCUT2D eigenvalue weighted by atomic mass is 32.2. The number of halogens is 2. The fraction of sp³-hybridized carbons (Fsp3) is 0.174. The van der Waals surface area contributed by atoms with Crippen molar-refractivity contribution in [2.24, 2.45) is 0 Å². The van der Waals surface area contributed by atoms with Crippen molar-refractivity contribution in [2.45, 2.75) is 18.1 Å². The number of nitrogens with zero attached hydrogens (tertiary/aromatic N) is 1. The van der Waals surface area contributed by atoms with Crippen LogP contribution in [0.1, 0.15) is 15.9 Å². The molecule has 1 amide bonds. The van der Waals surface area contributed by atoms with Crippen LogP contribution < -0.4 is 19.1 Å². The van der Waals surface area contributed by atoms with Crippen LogP contribution in [0.4, 0.5) is 14.5 Å². The molecule has 0 saturated carbocycles. The molecule has 0 unspecified atom stereocenters. The number of anilines is 1. The van der Waals surface area contributed by atoms with E-state index in [2.05, 4.69) is 10.1 Å². The molecular weight excluding hydrogens is 454 g/mol. The Morgan fingerprint density at radius 2 is 1.67 bits per heavy atom. The Balaban J connectivity index is 1.67. The highest BCUT2D eigenvalue weighted by Crippen LogP contribution is 2.29. The lowest BCUT2D eigenvalue weighted by atomic mass is 10.1. The summed E-state index contributed by atoms with van der Waals surface area (Å²) in [6.45, 7) is -2.88. The summed E-state index contributed by atoms with van der Waals surface area (Å²) in [7, 11) is -1.01. The number of carbonyl (C=O) groups is 1. The number of carbonyl (C=O) groups excluding carboxylic acids is 1. The third-order valence-corrected chi connectivity index (χ3v) is 6.59. The quantitative estimate of drug-likeness (QED) is 0.504. The Bertz CT molecular complexity index is 1200. The van der Waals surface area contributed by atoms with E-state index in [1.807, 2.05) is 0 Å². The van der Waals surface area contributed by atoms with Crippen molar-refractivity contribution in [1.82, 2.24) is 5.32 Å². The van der Waals surface area contributed by atoms with Gasteiger partial charge in [0.2, 0.25) is 0 Å². The van der Waals surface area contributed by atoms with E-state index < -0.39 is 22.5 Å². The molecule has 7 nitrogen and oxygen atoms in total. The summed E-state index contributed by atoms with van der Waals surface area (Å²) < 4.78 is 61.1. The number of hydrogen-bond acceptors (Lipinski definition) is 5. The van der Waals surface area contributed by atoms with Crippen LogP contribution in [0.2, 0.25) is 0 Å². The van der Waals surface area contributed by atoms with Crippen molar-refractivity contribution >= 4 is 21.6 Å². The Hall–Kier alpha value is -3.66. The first kappa shape index (κ1) is 24.0. The molecule has 0 heterocycles. The molecule has 0 spiro atoms. The van der Waals surface area contributed by atoms with Gasteiger partial charge in [-0.05, 0) is 54.1 Å². The number of nitrogens with one attached hydrogen (secondary N) is 1. The number of benzene rings is 3. The van der Waals surface area contributed by atoms with Crippen LogP contribution in [-0.4, -0.2) is 35.1 Å². The second kappa shape index (κ2) is 10.3. The minimum atomic E-state index is -3.79. The van der Waals surface area contributed by atoms with E-state index in [1.165, 1.54) is 56.6 Å². The topological polar surface area (TPSA) is 84.9 Å². The van der Waals surface area contributed by atoms with Gasteiger partial charge in [0, 0.05) is 19.2 Å². The molecule has 174 valence electrons. The van der Waals surface area contributed by atoms with E-state index in [-0.39, 0.29) is 28.5 Å². The minimum Gasteiger partial charge on any atom is -0.493 e. The summed E-state index contributed by atoms with van der Waals surface area (Å²) in [5.41, 5.74) is 1.38. The van der Waals surface area contributed by atoms with Crippen molar-refractivity contribution in [3.05, 3.63) is 83.9 Å². The Labute approximate surface area is 190 Å². The highest BCUT2D eigenvalue weighted by molar-refractivity contribution is 7.92. The predicted molar refractivity (Wildman–Crippen MR) is 119 cm³/mol. The van der Waals surface area contributed by atoms with Gasteiger partial charge in [-0.3, -0.25) is 9.10 Å². The second-order valence-corrected chi connectivity index (χ2v) is 8.85. The first-order valence-corrected chi connectivity index (χ1v) is 11.2. The van der Waals surface area contributed by atoms with E-state index >= 15 is 0 Å². The molecule has 0 aromatic heterocycles. The summed E-state index contributed by atoms with van der Waals surface area (Å²) in [5, 5.41) is 2.69. The van der Waals surface area contributed by atoms with E-state index in [0.29, 0.717) is 11.3 Å². The molecule has 0 aliphatic carbocycles. The molecule has 1 N–H and O–H groups in total. The zero-order chi connectivity index (χ0) is 24.0. The lowest BCUT2D eigenvalue weighted by Crippen LogP contribution is -2.27. The summed E-state index contributed by atoms with van der Waals surface area (Å²) in [6.07, 6.45) is 0. The minimum absolute atomic E-state index is 0.0461. The Morgan fingerprint density at radius 1 is 1.00 bits per heavy atom. The fourth-order valence-corrected chi connectivity index (χ4v) is 4.21. The molecule has 3 aromatic carbocycles. The van der Waals surface area contributed by atoms with Crippen LogP contribution in [0.15, 0.2) is 77.7 Å². The lowest BCUT2D eigenvalue weighted by molar-refractivity contribution is -0.0512. The standard InChI is InChI=1S/C23H22F2N2O5S/c1-27(18-6-4-3-5-7-18)33(29,30)19-11-9-17(10-12-19)22(28)26-15-16-8-13-20(32-23(24)25)21(14-16)31-2/h3-14,23H,15H2,1-2H3,(H,26,28). The molecule has 0 aliphatic heterocycles. The number of hydrogen-bond donors (Lipinski definition) is 1. The van der Waals surface area contributed by atoms with E-state index in [4.69, 9.17) is 4.74 Å². The summed E-state index contributed by atoms with van der Waals surface area (Å²) in [6, 6.07) is 18.5. The molecule has 3 aromatic rings. The molecule has 0 fully saturated rings. The van der Waals surface area contributed by atoms with Crippen LogP contribution in [0, 0.1) is 0 Å². The van der Waals surface area contributed by atoms with Crippen LogP contribution in [0.3, 0.4) is 0 Å². The second-order valence-electron chi connectivity index (χ2n) is 6.88. The van der Waals surface area contributed by atoms with Crippen molar-refractivity contribution < 1.29 is 31.5 Å².